The molecule has 0 fully saturated rings. The van der Waals surface area contributed by atoms with Gasteiger partial charge in [-0.2, -0.15) is 0 Å². The van der Waals surface area contributed by atoms with Gasteiger partial charge in [-0.3, -0.25) is 14.4 Å². The van der Waals surface area contributed by atoms with Crippen molar-refractivity contribution < 1.29 is 24.2 Å². The van der Waals surface area contributed by atoms with Crippen molar-refractivity contribution in [2.75, 3.05) is 0 Å². The van der Waals surface area contributed by atoms with Gasteiger partial charge in [0.2, 0.25) is 0 Å². The number of fused-ring (bicyclic) bond motifs is 5. The summed E-state index contributed by atoms with van der Waals surface area (Å²) in [4.78, 5) is 43.4. The number of aliphatic hydroxyl groups is 1. The molecule has 1 radical (unpaired) electrons. The minimum Gasteiger partial charge on any atom is -0.461 e. The first-order valence-corrected chi connectivity index (χ1v) is 15.5. The van der Waals surface area contributed by atoms with Crippen molar-refractivity contribution >= 4 is 31.6 Å². The lowest BCUT2D eigenvalue weighted by Crippen LogP contribution is -2.35. The Morgan fingerprint density at radius 2 is 1.97 bits per heavy atom. The fourth-order valence-electron chi connectivity index (χ4n) is 5.83. The van der Waals surface area contributed by atoms with Crippen LogP contribution in [-0.2, 0) is 31.9 Å². The molecular weight excluding hydrogens is 500 g/mol. The van der Waals surface area contributed by atoms with E-state index in [0.717, 1.165) is 22.0 Å². The number of benzene rings is 1. The Kier molecular flexibility index (Phi) is 6.15. The van der Waals surface area contributed by atoms with Crippen LogP contribution in [0.2, 0.25) is 13.1 Å². The Morgan fingerprint density at radius 1 is 1.26 bits per heavy atom. The third-order valence-electron chi connectivity index (χ3n) is 7.52. The van der Waals surface area contributed by atoms with E-state index in [1.54, 1.807) is 10.6 Å². The van der Waals surface area contributed by atoms with Crippen LogP contribution >= 0.6 is 0 Å². The standard InChI is InChI=1S/C29H33N2O6Si/c1-8-29(35)13-22(33)37-27(38(6)7)23-19(29)12-21-25-18(14-31(21)26(23)34)24(28(3,4)5)17-11-16(36-15(2)32)9-10-20(17)30-25/h9-12,27,35H,8,13-14H2,1-7H3. The quantitative estimate of drug-likeness (QED) is 0.234. The van der Waals surface area contributed by atoms with Gasteiger partial charge in [-0.15, -0.1) is 0 Å². The average molecular weight is 534 g/mol. The first-order valence-electron chi connectivity index (χ1n) is 12.9. The van der Waals surface area contributed by atoms with Gasteiger partial charge in [-0.1, -0.05) is 40.8 Å². The van der Waals surface area contributed by atoms with E-state index < -0.39 is 32.1 Å². The third-order valence-corrected chi connectivity index (χ3v) is 8.98. The second-order valence-electron chi connectivity index (χ2n) is 11.6. The predicted octanol–water partition coefficient (Wildman–Crippen LogP) is 4.53. The molecule has 3 aromatic rings. The van der Waals surface area contributed by atoms with E-state index in [9.17, 15) is 19.5 Å². The number of nitrogens with zero attached hydrogens (tertiary/aromatic N) is 2. The Labute approximate surface area is 223 Å². The highest BCUT2D eigenvalue weighted by Crippen LogP contribution is 2.45. The number of cyclic esters (lactones) is 1. The normalized spacial score (nSPS) is 20.6. The maximum absolute atomic E-state index is 14.2. The minimum atomic E-state index is -1.50. The van der Waals surface area contributed by atoms with E-state index in [1.165, 1.54) is 6.92 Å². The topological polar surface area (TPSA) is 108 Å². The van der Waals surface area contributed by atoms with Gasteiger partial charge >= 0.3 is 11.9 Å². The van der Waals surface area contributed by atoms with Crippen molar-refractivity contribution in [1.82, 2.24) is 9.55 Å². The summed E-state index contributed by atoms with van der Waals surface area (Å²) < 4.78 is 12.8. The van der Waals surface area contributed by atoms with Crippen molar-refractivity contribution in [3.63, 3.8) is 0 Å². The lowest BCUT2D eigenvalue weighted by atomic mass is 9.81. The number of rotatable bonds is 3. The SMILES string of the molecule is CCC1(O)CC(=O)OC([Si](C)C)c2c1cc1n(c2=O)Cc2c-1nc1ccc(OC(C)=O)cc1c2C(C)(C)C. The minimum absolute atomic E-state index is 0.199. The number of ether oxygens (including phenoxy) is 2. The molecule has 2 aromatic heterocycles. The van der Waals surface area contributed by atoms with Gasteiger partial charge in [-0.05, 0) is 47.2 Å². The van der Waals surface area contributed by atoms with Gasteiger partial charge in [0.1, 0.15) is 25.9 Å². The summed E-state index contributed by atoms with van der Waals surface area (Å²) in [6.07, 6.45) is 0.0690. The average Bonchev–Trinajstić information content (AvgIpc) is 3.12. The van der Waals surface area contributed by atoms with Crippen LogP contribution in [-0.4, -0.2) is 35.4 Å². The van der Waals surface area contributed by atoms with Gasteiger partial charge < -0.3 is 19.1 Å². The molecule has 0 bridgehead atoms. The molecule has 2 unspecified atom stereocenters. The molecule has 2 atom stereocenters. The molecule has 0 spiro atoms. The lowest BCUT2D eigenvalue weighted by molar-refractivity contribution is -0.150. The van der Waals surface area contributed by atoms with Crippen molar-refractivity contribution in [3.05, 3.63) is 56.9 Å². The van der Waals surface area contributed by atoms with Crippen LogP contribution in [0.3, 0.4) is 0 Å². The molecule has 199 valence electrons. The van der Waals surface area contributed by atoms with Crippen LogP contribution in [0.1, 0.15) is 75.4 Å². The number of hydrogen-bond acceptors (Lipinski definition) is 7. The summed E-state index contributed by atoms with van der Waals surface area (Å²) in [5.74, 6) is -0.452. The van der Waals surface area contributed by atoms with E-state index in [1.807, 2.05) is 38.2 Å². The monoisotopic (exact) mass is 533 g/mol. The molecule has 0 saturated carbocycles. The highest BCUT2D eigenvalue weighted by molar-refractivity contribution is 6.57. The number of carbonyl (C=O) groups is 2. The smallest absolute Gasteiger partial charge is 0.309 e. The fourth-order valence-corrected chi connectivity index (χ4v) is 7.06. The van der Waals surface area contributed by atoms with Gasteiger partial charge in [0.05, 0.1) is 35.4 Å². The zero-order valence-electron chi connectivity index (χ0n) is 22.9. The van der Waals surface area contributed by atoms with E-state index in [4.69, 9.17) is 14.5 Å². The zero-order valence-corrected chi connectivity index (χ0v) is 23.9. The summed E-state index contributed by atoms with van der Waals surface area (Å²) in [7, 11) is -1.27. The molecule has 5 rings (SSSR count). The van der Waals surface area contributed by atoms with Crippen LogP contribution in [0.4, 0.5) is 0 Å². The first-order chi connectivity index (χ1) is 17.7. The molecule has 2 aliphatic rings. The molecule has 0 amide bonds. The molecule has 2 aliphatic heterocycles. The molecule has 4 heterocycles. The molecule has 8 nitrogen and oxygen atoms in total. The van der Waals surface area contributed by atoms with E-state index in [-0.39, 0.29) is 23.8 Å². The van der Waals surface area contributed by atoms with E-state index in [0.29, 0.717) is 34.8 Å². The Balaban J connectivity index is 1.83. The molecule has 1 aromatic carbocycles. The van der Waals surface area contributed by atoms with Crippen LogP contribution in [0.15, 0.2) is 29.1 Å². The summed E-state index contributed by atoms with van der Waals surface area (Å²) in [6, 6.07) is 7.22. The molecule has 0 aliphatic carbocycles. The molecule has 9 heteroatoms. The molecular formula is C29H33N2O6Si. The van der Waals surface area contributed by atoms with Crippen molar-refractivity contribution in [2.45, 2.75) is 83.8 Å². The third kappa shape index (κ3) is 4.08. The second kappa shape index (κ2) is 8.88. The number of aromatic nitrogens is 2. The zero-order chi connectivity index (χ0) is 27.7. The number of esters is 2. The Bertz CT molecular complexity index is 1570. The highest BCUT2D eigenvalue weighted by Gasteiger charge is 2.44. The maximum Gasteiger partial charge on any atom is 0.309 e. The maximum atomic E-state index is 14.2. The molecule has 38 heavy (non-hydrogen) atoms. The summed E-state index contributed by atoms with van der Waals surface area (Å²) >= 11 is 0. The number of carbonyl (C=O) groups excluding carboxylic acids is 2. The molecule has 0 saturated heterocycles. The predicted molar refractivity (Wildman–Crippen MR) is 146 cm³/mol. The highest BCUT2D eigenvalue weighted by atomic mass is 28.3. The van der Waals surface area contributed by atoms with Gasteiger partial charge in [0.15, 0.2) is 0 Å². The Morgan fingerprint density at radius 3 is 2.58 bits per heavy atom. The van der Waals surface area contributed by atoms with E-state index in [2.05, 4.69) is 20.8 Å². The van der Waals surface area contributed by atoms with Crippen LogP contribution in [0.5, 0.6) is 5.75 Å². The van der Waals surface area contributed by atoms with Crippen LogP contribution < -0.4 is 10.3 Å². The first kappa shape index (κ1) is 26.3. The van der Waals surface area contributed by atoms with Crippen LogP contribution in [0.25, 0.3) is 22.3 Å². The van der Waals surface area contributed by atoms with Crippen molar-refractivity contribution in [3.8, 4) is 17.1 Å². The summed E-state index contributed by atoms with van der Waals surface area (Å²) in [6.45, 7) is 13.8. The number of pyridine rings is 2. The van der Waals surface area contributed by atoms with Crippen LogP contribution in [0, 0.1) is 0 Å². The summed E-state index contributed by atoms with van der Waals surface area (Å²) in [5, 5.41) is 12.5. The second-order valence-corrected chi connectivity index (χ2v) is 14.3. The van der Waals surface area contributed by atoms with Crippen molar-refractivity contribution in [2.24, 2.45) is 0 Å². The van der Waals surface area contributed by atoms with Gasteiger partial charge in [-0.25, -0.2) is 4.98 Å². The fraction of sp³-hybridized carbons (Fsp3) is 0.448. The van der Waals surface area contributed by atoms with E-state index >= 15 is 0 Å². The Hall–Kier alpha value is -3.30. The van der Waals surface area contributed by atoms with Gasteiger partial charge in [0.25, 0.3) is 5.56 Å². The number of hydrogen-bond donors (Lipinski definition) is 1. The van der Waals surface area contributed by atoms with Crippen molar-refractivity contribution in [1.29, 1.82) is 0 Å². The molecule has 1 N–H and O–H groups in total. The van der Waals surface area contributed by atoms with Gasteiger partial charge in [0, 0.05) is 17.9 Å². The largest absolute Gasteiger partial charge is 0.461 e. The lowest BCUT2D eigenvalue weighted by Gasteiger charge is -2.27. The summed E-state index contributed by atoms with van der Waals surface area (Å²) in [5.41, 5.74) is 2.11.